The van der Waals surface area contributed by atoms with Gasteiger partial charge in [-0.3, -0.25) is 9.48 Å². The Kier molecular flexibility index (Phi) is 6.41. The van der Waals surface area contributed by atoms with E-state index in [1.807, 2.05) is 19.1 Å². The van der Waals surface area contributed by atoms with E-state index in [4.69, 9.17) is 17.0 Å². The first kappa shape index (κ1) is 19.3. The molecule has 3 rings (SSSR count). The lowest BCUT2D eigenvalue weighted by molar-refractivity contribution is 0.0295. The first-order chi connectivity index (χ1) is 13.1. The zero-order chi connectivity index (χ0) is 19.2. The Labute approximate surface area is 164 Å². The number of carbonyl (C=O) groups excluding carboxylic acids is 1. The molecule has 0 atom stereocenters. The molecule has 1 saturated heterocycles. The fourth-order valence-corrected chi connectivity index (χ4v) is 3.19. The molecule has 144 valence electrons. The van der Waals surface area contributed by atoms with Crippen molar-refractivity contribution in [3.63, 3.8) is 0 Å². The predicted octanol–water partition coefficient (Wildman–Crippen LogP) is 2.75. The van der Waals surface area contributed by atoms with Crippen LogP contribution in [0.1, 0.15) is 29.9 Å². The van der Waals surface area contributed by atoms with E-state index in [-0.39, 0.29) is 5.91 Å². The van der Waals surface area contributed by atoms with Gasteiger partial charge in [0.05, 0.1) is 25.1 Å². The van der Waals surface area contributed by atoms with Crippen LogP contribution in [-0.4, -0.2) is 52.0 Å². The summed E-state index contributed by atoms with van der Waals surface area (Å²) in [7, 11) is 0. The third-order valence-electron chi connectivity index (χ3n) is 4.51. The number of amides is 1. The Morgan fingerprint density at radius 3 is 2.52 bits per heavy atom. The van der Waals surface area contributed by atoms with Gasteiger partial charge in [0.2, 0.25) is 0 Å². The number of anilines is 2. The maximum Gasteiger partial charge on any atom is 0.274 e. The SMILES string of the molecule is CCc1ccc(NC(=S)Nc2cnn(CC)c2C(=O)N2CCOCC2)cc1. The van der Waals surface area contributed by atoms with Gasteiger partial charge < -0.3 is 20.3 Å². The monoisotopic (exact) mass is 387 g/mol. The van der Waals surface area contributed by atoms with E-state index in [0.717, 1.165) is 12.1 Å². The van der Waals surface area contributed by atoms with Gasteiger partial charge in [-0.1, -0.05) is 19.1 Å². The normalized spacial score (nSPS) is 14.1. The van der Waals surface area contributed by atoms with Gasteiger partial charge in [-0.15, -0.1) is 0 Å². The number of morpholine rings is 1. The summed E-state index contributed by atoms with van der Waals surface area (Å²) in [4.78, 5) is 14.8. The van der Waals surface area contributed by atoms with E-state index in [1.165, 1.54) is 5.56 Å². The van der Waals surface area contributed by atoms with E-state index in [9.17, 15) is 4.79 Å². The fraction of sp³-hybridized carbons (Fsp3) is 0.421. The first-order valence-corrected chi connectivity index (χ1v) is 9.63. The minimum atomic E-state index is -0.0600. The van der Waals surface area contributed by atoms with E-state index in [1.54, 1.807) is 15.8 Å². The zero-order valence-corrected chi connectivity index (χ0v) is 16.5. The lowest BCUT2D eigenvalue weighted by atomic mass is 10.1. The molecule has 1 amide bonds. The van der Waals surface area contributed by atoms with Crippen LogP contribution in [0.15, 0.2) is 30.5 Å². The lowest BCUT2D eigenvalue weighted by Gasteiger charge is -2.27. The number of nitrogens with one attached hydrogen (secondary N) is 2. The average Bonchev–Trinajstić information content (AvgIpc) is 3.11. The number of benzene rings is 1. The Morgan fingerprint density at radius 2 is 1.89 bits per heavy atom. The molecule has 1 aliphatic heterocycles. The van der Waals surface area contributed by atoms with Gasteiger partial charge in [-0.2, -0.15) is 5.10 Å². The van der Waals surface area contributed by atoms with Crippen molar-refractivity contribution in [2.75, 3.05) is 36.9 Å². The van der Waals surface area contributed by atoms with Gasteiger partial charge in [0, 0.05) is 25.3 Å². The molecule has 2 N–H and O–H groups in total. The van der Waals surface area contributed by atoms with Crippen LogP contribution < -0.4 is 10.6 Å². The molecule has 7 nitrogen and oxygen atoms in total. The Balaban J connectivity index is 1.72. The predicted molar refractivity (Wildman–Crippen MR) is 110 cm³/mol. The van der Waals surface area contributed by atoms with Crippen molar-refractivity contribution < 1.29 is 9.53 Å². The molecule has 0 spiro atoms. The number of thiocarbonyl (C=S) groups is 1. The smallest absolute Gasteiger partial charge is 0.274 e. The van der Waals surface area contributed by atoms with Crippen LogP contribution in [0.25, 0.3) is 0 Å². The maximum atomic E-state index is 13.0. The van der Waals surface area contributed by atoms with Gasteiger partial charge in [0.1, 0.15) is 5.69 Å². The van der Waals surface area contributed by atoms with Gasteiger partial charge in [-0.25, -0.2) is 0 Å². The molecule has 0 radical (unpaired) electrons. The van der Waals surface area contributed by atoms with Gasteiger partial charge >= 0.3 is 0 Å². The van der Waals surface area contributed by atoms with Crippen LogP contribution in [0.2, 0.25) is 0 Å². The van der Waals surface area contributed by atoms with Crippen LogP contribution in [0.4, 0.5) is 11.4 Å². The molecule has 0 bridgehead atoms. The highest BCUT2D eigenvalue weighted by atomic mass is 32.1. The minimum absolute atomic E-state index is 0.0600. The summed E-state index contributed by atoms with van der Waals surface area (Å²) in [6.07, 6.45) is 2.64. The Hall–Kier alpha value is -2.45. The van der Waals surface area contributed by atoms with Crippen LogP contribution in [-0.2, 0) is 17.7 Å². The largest absolute Gasteiger partial charge is 0.378 e. The fourth-order valence-electron chi connectivity index (χ4n) is 2.97. The highest BCUT2D eigenvalue weighted by Gasteiger charge is 2.25. The molecule has 0 aliphatic carbocycles. The van der Waals surface area contributed by atoms with Crippen molar-refractivity contribution in [2.24, 2.45) is 0 Å². The quantitative estimate of drug-likeness (QED) is 0.769. The van der Waals surface area contributed by atoms with Crippen molar-refractivity contribution >= 4 is 34.6 Å². The van der Waals surface area contributed by atoms with E-state index in [2.05, 4.69) is 34.8 Å². The second-order valence-corrected chi connectivity index (χ2v) is 6.67. The molecule has 0 unspecified atom stereocenters. The molecule has 1 aromatic carbocycles. The first-order valence-electron chi connectivity index (χ1n) is 9.22. The van der Waals surface area contributed by atoms with Crippen LogP contribution in [0.5, 0.6) is 0 Å². The molecule has 2 aromatic rings. The summed E-state index contributed by atoms with van der Waals surface area (Å²) in [6, 6.07) is 8.10. The molecule has 0 saturated carbocycles. The number of ether oxygens (including phenoxy) is 1. The summed E-state index contributed by atoms with van der Waals surface area (Å²) in [6.45, 7) is 6.96. The van der Waals surface area contributed by atoms with Gasteiger partial charge in [0.15, 0.2) is 5.11 Å². The van der Waals surface area contributed by atoms with E-state index >= 15 is 0 Å². The highest BCUT2D eigenvalue weighted by molar-refractivity contribution is 7.80. The number of hydrogen-bond acceptors (Lipinski definition) is 4. The van der Waals surface area contributed by atoms with Crippen LogP contribution in [0.3, 0.4) is 0 Å². The van der Waals surface area contributed by atoms with Crippen LogP contribution >= 0.6 is 12.2 Å². The number of carbonyl (C=O) groups is 1. The third-order valence-corrected chi connectivity index (χ3v) is 4.71. The molecular weight excluding hydrogens is 362 g/mol. The molecule has 2 heterocycles. The number of nitrogens with zero attached hydrogens (tertiary/aromatic N) is 3. The molecule has 1 aliphatic rings. The Morgan fingerprint density at radius 1 is 1.19 bits per heavy atom. The van der Waals surface area contributed by atoms with E-state index < -0.39 is 0 Å². The van der Waals surface area contributed by atoms with Gasteiger partial charge in [0.25, 0.3) is 5.91 Å². The average molecular weight is 388 g/mol. The lowest BCUT2D eigenvalue weighted by Crippen LogP contribution is -2.41. The van der Waals surface area contributed by atoms with Crippen LogP contribution in [0, 0.1) is 0 Å². The third kappa shape index (κ3) is 4.64. The summed E-state index contributed by atoms with van der Waals surface area (Å²) >= 11 is 5.42. The van der Waals surface area contributed by atoms with Crippen molar-refractivity contribution in [1.29, 1.82) is 0 Å². The van der Waals surface area contributed by atoms with Crippen molar-refractivity contribution in [2.45, 2.75) is 26.8 Å². The second-order valence-electron chi connectivity index (χ2n) is 6.26. The summed E-state index contributed by atoms with van der Waals surface area (Å²) in [5.41, 5.74) is 3.29. The Bertz CT molecular complexity index is 797. The second kappa shape index (κ2) is 8.96. The van der Waals surface area contributed by atoms with Crippen molar-refractivity contribution in [1.82, 2.24) is 14.7 Å². The molecule has 1 aromatic heterocycles. The summed E-state index contributed by atoms with van der Waals surface area (Å²) < 4.78 is 7.03. The van der Waals surface area contributed by atoms with E-state index in [0.29, 0.717) is 49.3 Å². The number of hydrogen-bond donors (Lipinski definition) is 2. The van der Waals surface area contributed by atoms with Crippen molar-refractivity contribution in [3.05, 3.63) is 41.7 Å². The molecule has 27 heavy (non-hydrogen) atoms. The topological polar surface area (TPSA) is 71.4 Å². The molecule has 1 fully saturated rings. The van der Waals surface area contributed by atoms with Gasteiger partial charge in [-0.05, 0) is 43.3 Å². The number of aryl methyl sites for hydroxylation is 2. The molecular formula is C19H25N5O2S. The minimum Gasteiger partial charge on any atom is -0.378 e. The highest BCUT2D eigenvalue weighted by Crippen LogP contribution is 2.19. The number of aromatic nitrogens is 2. The molecule has 8 heteroatoms. The number of rotatable bonds is 5. The van der Waals surface area contributed by atoms with Crippen molar-refractivity contribution in [3.8, 4) is 0 Å². The summed E-state index contributed by atoms with van der Waals surface area (Å²) in [5.74, 6) is -0.0600. The standard InChI is InChI=1S/C19H25N5O2S/c1-3-14-5-7-15(8-6-14)21-19(27)22-16-13-20-24(4-2)17(16)18(25)23-9-11-26-12-10-23/h5-8,13H,3-4,9-12H2,1-2H3,(H2,21,22,27). The summed E-state index contributed by atoms with van der Waals surface area (Å²) in [5, 5.41) is 11.0. The zero-order valence-electron chi connectivity index (χ0n) is 15.7. The maximum absolute atomic E-state index is 13.0.